The molecule has 1 heterocycles. The van der Waals surface area contributed by atoms with Crippen LogP contribution in [-0.4, -0.2) is 23.2 Å². The zero-order valence-electron chi connectivity index (χ0n) is 10.4. The van der Waals surface area contributed by atoms with E-state index in [4.69, 9.17) is 4.98 Å². The molecule has 4 heteroatoms. The summed E-state index contributed by atoms with van der Waals surface area (Å²) in [5.41, 5.74) is 1.15. The summed E-state index contributed by atoms with van der Waals surface area (Å²) >= 11 is 1.71. The Morgan fingerprint density at radius 1 is 1.41 bits per heavy atom. The Balaban J connectivity index is 1.81. The van der Waals surface area contributed by atoms with Crippen molar-refractivity contribution in [3.8, 4) is 0 Å². The van der Waals surface area contributed by atoms with Crippen molar-refractivity contribution in [1.29, 1.82) is 0 Å². The van der Waals surface area contributed by atoms with E-state index >= 15 is 0 Å². The molecule has 1 unspecified atom stereocenters. The average Bonchev–Trinajstić information content (AvgIpc) is 3.04. The molecular formula is C13H20N2OS. The minimum atomic E-state index is -0.260. The fourth-order valence-electron chi connectivity index (χ4n) is 2.47. The predicted octanol–water partition coefficient (Wildman–Crippen LogP) is 2.75. The van der Waals surface area contributed by atoms with Gasteiger partial charge < -0.3 is 10.0 Å². The summed E-state index contributed by atoms with van der Waals surface area (Å²) in [6, 6.07) is 0. The number of aliphatic hydroxyl groups is 1. The molecule has 1 atom stereocenters. The van der Waals surface area contributed by atoms with Crippen LogP contribution in [-0.2, 0) is 6.42 Å². The van der Waals surface area contributed by atoms with Gasteiger partial charge in [0.2, 0.25) is 0 Å². The largest absolute Gasteiger partial charge is 0.388 e. The van der Waals surface area contributed by atoms with Crippen molar-refractivity contribution < 1.29 is 5.11 Å². The Labute approximate surface area is 106 Å². The molecule has 0 saturated heterocycles. The minimum absolute atomic E-state index is 0.260. The molecule has 0 radical (unpaired) electrons. The second kappa shape index (κ2) is 4.58. The van der Waals surface area contributed by atoms with Crippen molar-refractivity contribution in [3.63, 3.8) is 0 Å². The molecule has 2 aliphatic rings. The van der Waals surface area contributed by atoms with Crippen molar-refractivity contribution >= 4 is 16.5 Å². The summed E-state index contributed by atoms with van der Waals surface area (Å²) in [7, 11) is 0. The third-order valence-corrected chi connectivity index (χ3v) is 5.00. The number of nitrogens with zero attached hydrogens (tertiary/aromatic N) is 2. The monoisotopic (exact) mass is 252 g/mol. The van der Waals surface area contributed by atoms with Crippen molar-refractivity contribution in [2.24, 2.45) is 5.92 Å². The van der Waals surface area contributed by atoms with Crippen LogP contribution < -0.4 is 4.90 Å². The second-order valence-corrected chi connectivity index (χ2v) is 6.21. The zero-order valence-corrected chi connectivity index (χ0v) is 11.2. The fourth-order valence-corrected chi connectivity index (χ4v) is 3.68. The zero-order chi connectivity index (χ0) is 11.8. The molecule has 94 valence electrons. The first kappa shape index (κ1) is 11.5. The maximum Gasteiger partial charge on any atom is 0.185 e. The number of fused-ring (bicyclic) bond motifs is 1. The van der Waals surface area contributed by atoms with Crippen LogP contribution in [0.25, 0.3) is 0 Å². The summed E-state index contributed by atoms with van der Waals surface area (Å²) in [5.74, 6) is 0.890. The lowest BCUT2D eigenvalue weighted by Crippen LogP contribution is -2.24. The molecule has 1 fully saturated rings. The number of rotatable bonds is 4. The Morgan fingerprint density at radius 2 is 2.24 bits per heavy atom. The van der Waals surface area contributed by atoms with E-state index in [0.29, 0.717) is 0 Å². The molecule has 1 aromatic heterocycles. The van der Waals surface area contributed by atoms with Gasteiger partial charge in [0.1, 0.15) is 0 Å². The van der Waals surface area contributed by atoms with Crippen LogP contribution >= 0.6 is 11.3 Å². The molecule has 0 aromatic carbocycles. The highest BCUT2D eigenvalue weighted by atomic mass is 32.1. The highest BCUT2D eigenvalue weighted by Gasteiger charge is 2.28. The van der Waals surface area contributed by atoms with Crippen molar-refractivity contribution in [3.05, 3.63) is 10.6 Å². The lowest BCUT2D eigenvalue weighted by atomic mass is 10.0. The summed E-state index contributed by atoms with van der Waals surface area (Å²) < 4.78 is 0. The minimum Gasteiger partial charge on any atom is -0.388 e. The van der Waals surface area contributed by atoms with Gasteiger partial charge in [-0.05, 0) is 44.9 Å². The smallest absolute Gasteiger partial charge is 0.185 e. The Morgan fingerprint density at radius 3 is 2.88 bits per heavy atom. The van der Waals surface area contributed by atoms with E-state index in [0.717, 1.165) is 54.0 Å². The normalized spacial score (nSPS) is 23.5. The molecule has 0 aliphatic heterocycles. The topological polar surface area (TPSA) is 36.4 Å². The van der Waals surface area contributed by atoms with E-state index < -0.39 is 0 Å². The Kier molecular flexibility index (Phi) is 3.09. The van der Waals surface area contributed by atoms with Crippen LogP contribution in [0.2, 0.25) is 0 Å². The van der Waals surface area contributed by atoms with Gasteiger partial charge in [-0.2, -0.15) is 0 Å². The van der Waals surface area contributed by atoms with Gasteiger partial charge >= 0.3 is 0 Å². The number of hydrogen-bond donors (Lipinski definition) is 1. The van der Waals surface area contributed by atoms with Gasteiger partial charge in [0.05, 0.1) is 16.7 Å². The maximum atomic E-state index is 9.98. The molecular weight excluding hydrogens is 232 g/mol. The molecule has 1 N–H and O–H groups in total. The molecule has 0 bridgehead atoms. The van der Waals surface area contributed by atoms with Crippen LogP contribution in [0.4, 0.5) is 5.13 Å². The molecule has 1 aromatic rings. The van der Waals surface area contributed by atoms with Crippen molar-refractivity contribution in [2.75, 3.05) is 18.0 Å². The summed E-state index contributed by atoms with van der Waals surface area (Å²) in [5, 5.41) is 11.1. The van der Waals surface area contributed by atoms with E-state index in [1.165, 1.54) is 12.8 Å². The Hall–Kier alpha value is -0.610. The van der Waals surface area contributed by atoms with Gasteiger partial charge in [0.25, 0.3) is 0 Å². The molecule has 0 amide bonds. The quantitative estimate of drug-likeness (QED) is 0.895. The average molecular weight is 252 g/mol. The van der Waals surface area contributed by atoms with Gasteiger partial charge in [0, 0.05) is 13.1 Å². The number of aliphatic hydroxyl groups excluding tert-OH is 1. The number of aromatic nitrogens is 1. The lowest BCUT2D eigenvalue weighted by molar-refractivity contribution is 0.160. The van der Waals surface area contributed by atoms with Crippen LogP contribution in [0, 0.1) is 5.92 Å². The molecule has 0 spiro atoms. The highest BCUT2D eigenvalue weighted by molar-refractivity contribution is 7.15. The predicted molar refractivity (Wildman–Crippen MR) is 70.6 cm³/mol. The van der Waals surface area contributed by atoms with Crippen LogP contribution in [0.3, 0.4) is 0 Å². The molecule has 3 rings (SSSR count). The first-order chi connectivity index (χ1) is 8.28. The Bertz CT molecular complexity index is 400. The summed E-state index contributed by atoms with van der Waals surface area (Å²) in [4.78, 5) is 8.25. The van der Waals surface area contributed by atoms with Crippen LogP contribution in [0.1, 0.15) is 49.3 Å². The van der Waals surface area contributed by atoms with Gasteiger partial charge in [-0.25, -0.2) is 4.98 Å². The van der Waals surface area contributed by atoms with Crippen LogP contribution in [0.15, 0.2) is 0 Å². The summed E-state index contributed by atoms with van der Waals surface area (Å²) in [6.45, 7) is 4.37. The number of thiazole rings is 1. The lowest BCUT2D eigenvalue weighted by Gasteiger charge is -2.19. The number of aryl methyl sites for hydroxylation is 1. The van der Waals surface area contributed by atoms with Crippen molar-refractivity contribution in [2.45, 2.75) is 45.1 Å². The number of hydrogen-bond acceptors (Lipinski definition) is 4. The first-order valence-electron chi connectivity index (χ1n) is 6.70. The van der Waals surface area contributed by atoms with Gasteiger partial charge in [-0.3, -0.25) is 0 Å². The number of anilines is 1. The van der Waals surface area contributed by atoms with Gasteiger partial charge in [0.15, 0.2) is 5.13 Å². The first-order valence-corrected chi connectivity index (χ1v) is 7.52. The van der Waals surface area contributed by atoms with E-state index in [1.54, 1.807) is 11.3 Å². The third kappa shape index (κ3) is 2.33. The highest BCUT2D eigenvalue weighted by Crippen LogP contribution is 2.39. The molecule has 3 nitrogen and oxygen atoms in total. The molecule has 1 saturated carbocycles. The van der Waals surface area contributed by atoms with E-state index in [2.05, 4.69) is 11.8 Å². The molecule has 2 aliphatic carbocycles. The van der Waals surface area contributed by atoms with Gasteiger partial charge in [-0.15, -0.1) is 0 Å². The molecule has 17 heavy (non-hydrogen) atoms. The van der Waals surface area contributed by atoms with Gasteiger partial charge in [-0.1, -0.05) is 11.3 Å². The third-order valence-electron chi connectivity index (χ3n) is 3.74. The SMILES string of the molecule is CCN(CC1CC1)c1nc2c(s1)C(O)CCC2. The van der Waals surface area contributed by atoms with Crippen LogP contribution in [0.5, 0.6) is 0 Å². The van der Waals surface area contributed by atoms with Crippen molar-refractivity contribution in [1.82, 2.24) is 4.98 Å². The maximum absolute atomic E-state index is 9.98. The fraction of sp³-hybridized carbons (Fsp3) is 0.769. The van der Waals surface area contributed by atoms with E-state index in [-0.39, 0.29) is 6.10 Å². The van der Waals surface area contributed by atoms with E-state index in [1.807, 2.05) is 0 Å². The van der Waals surface area contributed by atoms with E-state index in [9.17, 15) is 5.11 Å². The summed E-state index contributed by atoms with van der Waals surface area (Å²) in [6.07, 6.45) is 5.53. The standard InChI is InChI=1S/C13H20N2OS/c1-2-15(8-9-6-7-9)13-14-10-4-3-5-11(16)12(10)17-13/h9,11,16H,2-8H2,1H3. The second-order valence-electron chi connectivity index (χ2n) is 5.20.